The van der Waals surface area contributed by atoms with Crippen molar-refractivity contribution in [3.63, 3.8) is 0 Å². The lowest BCUT2D eigenvalue weighted by Crippen LogP contribution is -2.09. The van der Waals surface area contributed by atoms with E-state index in [0.717, 1.165) is 19.4 Å². The van der Waals surface area contributed by atoms with Gasteiger partial charge in [0.1, 0.15) is 0 Å². The Hall–Kier alpha value is -0.540. The number of unbranched alkanes of at least 4 members (excludes halogenated alkanes) is 14. The van der Waals surface area contributed by atoms with Crippen LogP contribution in [0.5, 0.6) is 0 Å². The fraction of sp³-hybridized carbons (Fsp3) is 0.870. The topological polar surface area (TPSA) is 40.5 Å². The van der Waals surface area contributed by atoms with Gasteiger partial charge in [0.05, 0.1) is 0 Å². The number of aliphatic carboxylic acids is 1. The van der Waals surface area contributed by atoms with Gasteiger partial charge in [-0.1, -0.05) is 103 Å². The molecule has 1 N–H and O–H groups in total. The molecule has 0 aromatic carbocycles. The van der Waals surface area contributed by atoms with Crippen LogP contribution in [0.4, 0.5) is 0 Å². The van der Waals surface area contributed by atoms with Gasteiger partial charge in [-0.2, -0.15) is 0 Å². The molecule has 0 aromatic rings. The molecular weight excluding hydrogens is 358 g/mol. The van der Waals surface area contributed by atoms with Crippen molar-refractivity contribution >= 4 is 18.4 Å². The number of hydrogen-bond donors (Lipinski definition) is 1. The number of rotatable bonds is 18. The molecule has 3 nitrogen and oxygen atoms in total. The SMILES string of the molecule is C=CCN(C)C.CCCCCCCCCCCCCCCCCC(=O)O.Cl. The maximum atomic E-state index is 10.3. The molecule has 0 heterocycles. The molecule has 0 aliphatic heterocycles. The third kappa shape index (κ3) is 37.0. The molecule has 0 amide bonds. The number of likely N-dealkylation sites (N-methyl/N-ethyl adjacent to an activating group) is 1. The zero-order chi connectivity index (χ0) is 19.9. The van der Waals surface area contributed by atoms with Gasteiger partial charge in [0.25, 0.3) is 0 Å². The quantitative estimate of drug-likeness (QED) is 0.189. The first-order valence-corrected chi connectivity index (χ1v) is 11.0. The van der Waals surface area contributed by atoms with Crippen LogP contribution in [0.2, 0.25) is 0 Å². The Bertz CT molecular complexity index is 296. The predicted molar refractivity (Wildman–Crippen MR) is 123 cm³/mol. The highest BCUT2D eigenvalue weighted by Gasteiger charge is 1.97. The van der Waals surface area contributed by atoms with E-state index >= 15 is 0 Å². The lowest BCUT2D eigenvalue weighted by molar-refractivity contribution is -0.137. The van der Waals surface area contributed by atoms with E-state index in [-0.39, 0.29) is 12.4 Å². The van der Waals surface area contributed by atoms with E-state index in [0.29, 0.717) is 6.42 Å². The Morgan fingerprint density at radius 1 is 0.778 bits per heavy atom. The maximum absolute atomic E-state index is 10.3. The van der Waals surface area contributed by atoms with Gasteiger partial charge in [-0.3, -0.25) is 4.79 Å². The molecule has 0 aromatic heterocycles. The van der Waals surface area contributed by atoms with E-state index in [1.165, 1.54) is 83.5 Å². The number of carboxylic acid groups (broad SMARTS) is 1. The van der Waals surface area contributed by atoms with Gasteiger partial charge >= 0.3 is 5.97 Å². The average molecular weight is 406 g/mol. The van der Waals surface area contributed by atoms with Crippen molar-refractivity contribution in [1.29, 1.82) is 0 Å². The smallest absolute Gasteiger partial charge is 0.303 e. The standard InChI is InChI=1S/C18H36O2.C5H11N.ClH/c1-2-3-4-5-6-7-8-9-10-11-12-13-14-15-16-17-18(19)20;1-4-5-6(2)3;/h2-17H2,1H3,(H,19,20);4H,1,5H2,2-3H3;1H. The minimum Gasteiger partial charge on any atom is -0.481 e. The van der Waals surface area contributed by atoms with Gasteiger partial charge in [0, 0.05) is 13.0 Å². The average Bonchev–Trinajstić information content (AvgIpc) is 2.58. The number of carbonyl (C=O) groups is 1. The van der Waals surface area contributed by atoms with Crippen LogP contribution in [-0.4, -0.2) is 36.6 Å². The summed E-state index contributed by atoms with van der Waals surface area (Å²) in [4.78, 5) is 12.4. The van der Waals surface area contributed by atoms with Crippen LogP contribution in [0.15, 0.2) is 12.7 Å². The van der Waals surface area contributed by atoms with Crippen molar-refractivity contribution in [2.75, 3.05) is 20.6 Å². The molecule has 0 saturated heterocycles. The summed E-state index contributed by atoms with van der Waals surface area (Å²) in [5, 5.41) is 8.52. The zero-order valence-corrected chi connectivity index (χ0v) is 19.3. The summed E-state index contributed by atoms with van der Waals surface area (Å²) >= 11 is 0. The normalized spacial score (nSPS) is 10.1. The van der Waals surface area contributed by atoms with E-state index in [2.05, 4.69) is 18.4 Å². The van der Waals surface area contributed by atoms with Crippen LogP contribution in [0.25, 0.3) is 0 Å². The van der Waals surface area contributed by atoms with Crippen molar-refractivity contribution in [1.82, 2.24) is 4.90 Å². The van der Waals surface area contributed by atoms with Gasteiger partial charge in [-0.05, 0) is 20.5 Å². The number of carboxylic acids is 1. The number of halogens is 1. The fourth-order valence-corrected chi connectivity index (χ4v) is 2.91. The van der Waals surface area contributed by atoms with E-state index < -0.39 is 5.97 Å². The van der Waals surface area contributed by atoms with E-state index in [1.807, 2.05) is 20.2 Å². The Morgan fingerprint density at radius 2 is 1.11 bits per heavy atom. The molecule has 4 heteroatoms. The second kappa shape index (κ2) is 27.7. The summed E-state index contributed by atoms with van der Waals surface area (Å²) in [5.41, 5.74) is 0. The van der Waals surface area contributed by atoms with Crippen LogP contribution in [0, 0.1) is 0 Å². The maximum Gasteiger partial charge on any atom is 0.303 e. The van der Waals surface area contributed by atoms with Crippen molar-refractivity contribution in [3.8, 4) is 0 Å². The molecule has 0 aliphatic carbocycles. The van der Waals surface area contributed by atoms with Crippen LogP contribution < -0.4 is 0 Å². The van der Waals surface area contributed by atoms with Crippen LogP contribution in [-0.2, 0) is 4.79 Å². The molecule has 0 atom stereocenters. The van der Waals surface area contributed by atoms with E-state index in [9.17, 15) is 4.79 Å². The number of nitrogens with zero attached hydrogens (tertiary/aromatic N) is 1. The second-order valence-electron chi connectivity index (χ2n) is 7.64. The van der Waals surface area contributed by atoms with E-state index in [1.54, 1.807) is 0 Å². The Balaban J connectivity index is -0.000000709. The zero-order valence-electron chi connectivity index (χ0n) is 18.5. The van der Waals surface area contributed by atoms with Gasteiger partial charge in [-0.25, -0.2) is 0 Å². The molecule has 0 rings (SSSR count). The summed E-state index contributed by atoms with van der Waals surface area (Å²) < 4.78 is 0. The lowest BCUT2D eigenvalue weighted by atomic mass is 10.0. The molecule has 27 heavy (non-hydrogen) atoms. The third-order valence-electron chi connectivity index (χ3n) is 4.49. The fourth-order valence-electron chi connectivity index (χ4n) is 2.91. The predicted octanol–water partition coefficient (Wildman–Crippen LogP) is 7.49. The summed E-state index contributed by atoms with van der Waals surface area (Å²) in [6, 6.07) is 0. The summed E-state index contributed by atoms with van der Waals surface area (Å²) in [6.07, 6.45) is 22.1. The Kier molecular flexibility index (Phi) is 31.9. The summed E-state index contributed by atoms with van der Waals surface area (Å²) in [7, 11) is 4.03. The highest BCUT2D eigenvalue weighted by molar-refractivity contribution is 5.85. The van der Waals surface area contributed by atoms with Crippen LogP contribution in [0.1, 0.15) is 110 Å². The highest BCUT2D eigenvalue weighted by Crippen LogP contribution is 2.13. The summed E-state index contributed by atoms with van der Waals surface area (Å²) in [6.45, 7) is 6.80. The molecule has 0 radical (unpaired) electrons. The minimum absolute atomic E-state index is 0. The van der Waals surface area contributed by atoms with Crippen LogP contribution >= 0.6 is 12.4 Å². The molecule has 0 unspecified atom stereocenters. The molecule has 0 saturated carbocycles. The molecular formula is C23H48ClNO2. The highest BCUT2D eigenvalue weighted by atomic mass is 35.5. The van der Waals surface area contributed by atoms with Crippen molar-refractivity contribution < 1.29 is 9.90 Å². The van der Waals surface area contributed by atoms with E-state index in [4.69, 9.17) is 5.11 Å². The molecule has 0 bridgehead atoms. The Labute approximate surface area is 176 Å². The number of hydrogen-bond acceptors (Lipinski definition) is 2. The van der Waals surface area contributed by atoms with Gasteiger partial charge < -0.3 is 10.0 Å². The molecule has 0 aliphatic rings. The molecule has 164 valence electrons. The van der Waals surface area contributed by atoms with Gasteiger partial charge in [0.2, 0.25) is 0 Å². The second-order valence-corrected chi connectivity index (χ2v) is 7.64. The first kappa shape index (κ1) is 31.2. The third-order valence-corrected chi connectivity index (χ3v) is 4.49. The lowest BCUT2D eigenvalue weighted by Gasteiger charge is -2.03. The first-order chi connectivity index (χ1) is 12.5. The minimum atomic E-state index is -0.653. The largest absolute Gasteiger partial charge is 0.481 e. The van der Waals surface area contributed by atoms with Crippen molar-refractivity contribution in [3.05, 3.63) is 12.7 Å². The first-order valence-electron chi connectivity index (χ1n) is 11.0. The molecule has 0 fully saturated rings. The monoisotopic (exact) mass is 405 g/mol. The van der Waals surface area contributed by atoms with Crippen LogP contribution in [0.3, 0.4) is 0 Å². The van der Waals surface area contributed by atoms with Gasteiger partial charge in [-0.15, -0.1) is 19.0 Å². The Morgan fingerprint density at radius 3 is 1.33 bits per heavy atom. The van der Waals surface area contributed by atoms with Crippen molar-refractivity contribution in [2.45, 2.75) is 110 Å². The summed E-state index contributed by atoms with van der Waals surface area (Å²) in [5.74, 6) is -0.653. The molecule has 0 spiro atoms. The van der Waals surface area contributed by atoms with Crippen molar-refractivity contribution in [2.24, 2.45) is 0 Å². The van der Waals surface area contributed by atoms with Gasteiger partial charge in [0.15, 0.2) is 0 Å².